The molecule has 3 aliphatic rings. The van der Waals surface area contributed by atoms with Crippen molar-refractivity contribution in [3.05, 3.63) is 29.6 Å². The van der Waals surface area contributed by atoms with Crippen LogP contribution in [0.5, 0.6) is 0 Å². The maximum Gasteiger partial charge on any atom is 0.248 e. The molecule has 33 heavy (non-hydrogen) atoms. The lowest BCUT2D eigenvalue weighted by atomic mass is 9.65. The van der Waals surface area contributed by atoms with Crippen LogP contribution in [-0.4, -0.2) is 27.7 Å². The number of nitrogens with one attached hydrogen (secondary N) is 1. The van der Waals surface area contributed by atoms with E-state index in [0.29, 0.717) is 24.2 Å². The molecule has 0 saturated heterocycles. The first-order chi connectivity index (χ1) is 15.5. The second kappa shape index (κ2) is 7.96. The van der Waals surface area contributed by atoms with E-state index in [1.54, 1.807) is 0 Å². The summed E-state index contributed by atoms with van der Waals surface area (Å²) in [7, 11) is 0. The van der Waals surface area contributed by atoms with E-state index in [-0.39, 0.29) is 43.4 Å². The smallest absolute Gasteiger partial charge is 0.248 e. The van der Waals surface area contributed by atoms with Crippen molar-refractivity contribution in [3.8, 4) is 0 Å². The van der Waals surface area contributed by atoms with Crippen LogP contribution in [0.3, 0.4) is 0 Å². The molecule has 5 N–H and O–H groups in total. The number of hydrogen-bond acceptors (Lipinski definition) is 3. The molecule has 0 spiro atoms. The number of primary amides is 1. The van der Waals surface area contributed by atoms with E-state index < -0.39 is 35.6 Å². The predicted octanol–water partition coefficient (Wildman–Crippen LogP) is 5.03. The lowest BCUT2D eigenvalue weighted by Gasteiger charge is -2.42. The summed E-state index contributed by atoms with van der Waals surface area (Å²) in [6.45, 7) is 0. The zero-order valence-electron chi connectivity index (χ0n) is 18.4. The summed E-state index contributed by atoms with van der Waals surface area (Å²) in [5.41, 5.74) is 14.3. The Bertz CT molecular complexity index is 1040. The zero-order chi connectivity index (χ0) is 23.5. The SMILES string of the molecule is NC(=O)C(C1CC(F)(F)C1)[C@H](c1ccc2nc([C@@H](N)C[C@H]3CCC(F)(F)C3)[nH]c2c1)C1CC1. The number of alkyl halides is 4. The molecule has 1 amide bonds. The molecule has 3 saturated carbocycles. The van der Waals surface area contributed by atoms with E-state index in [9.17, 15) is 22.4 Å². The molecule has 1 aromatic carbocycles. The minimum absolute atomic E-state index is 0.0929. The van der Waals surface area contributed by atoms with Gasteiger partial charge in [-0.05, 0) is 67.1 Å². The molecule has 0 bridgehead atoms. The average molecular weight is 467 g/mol. The second-order valence-electron chi connectivity index (χ2n) is 10.5. The van der Waals surface area contributed by atoms with Crippen LogP contribution in [0.15, 0.2) is 18.2 Å². The molecule has 0 radical (unpaired) electrons. The van der Waals surface area contributed by atoms with Crippen molar-refractivity contribution in [2.75, 3.05) is 0 Å². The summed E-state index contributed by atoms with van der Waals surface area (Å²) >= 11 is 0. The summed E-state index contributed by atoms with van der Waals surface area (Å²) in [6, 6.07) is 5.17. The summed E-state index contributed by atoms with van der Waals surface area (Å²) < 4.78 is 54.1. The minimum atomic E-state index is -2.71. The molecule has 3 fully saturated rings. The molecule has 9 heteroatoms. The number of halogens is 4. The highest BCUT2D eigenvalue weighted by atomic mass is 19.3. The van der Waals surface area contributed by atoms with Gasteiger partial charge in [0.05, 0.1) is 17.1 Å². The average Bonchev–Trinajstić information content (AvgIpc) is 3.35. The van der Waals surface area contributed by atoms with Gasteiger partial charge in [-0.3, -0.25) is 4.79 Å². The van der Waals surface area contributed by atoms with Crippen molar-refractivity contribution >= 4 is 16.9 Å². The molecule has 5 rings (SSSR count). The van der Waals surface area contributed by atoms with Gasteiger partial charge >= 0.3 is 0 Å². The second-order valence-corrected chi connectivity index (χ2v) is 10.5. The highest BCUT2D eigenvalue weighted by Gasteiger charge is 2.54. The molecule has 2 aromatic rings. The Kier molecular flexibility index (Phi) is 5.46. The van der Waals surface area contributed by atoms with Crippen LogP contribution in [0.25, 0.3) is 11.0 Å². The van der Waals surface area contributed by atoms with Gasteiger partial charge in [-0.2, -0.15) is 0 Å². The van der Waals surface area contributed by atoms with E-state index >= 15 is 0 Å². The summed E-state index contributed by atoms with van der Waals surface area (Å²) in [6.07, 6.45) is 1.97. The number of aromatic nitrogens is 2. The number of fused-ring (bicyclic) bond motifs is 1. The fourth-order valence-electron chi connectivity index (χ4n) is 6.04. The topological polar surface area (TPSA) is 97.8 Å². The van der Waals surface area contributed by atoms with Crippen LogP contribution < -0.4 is 11.5 Å². The molecular weight excluding hydrogens is 436 g/mol. The van der Waals surface area contributed by atoms with Crippen LogP contribution in [0.1, 0.15) is 74.7 Å². The first kappa shape index (κ1) is 22.6. The number of carbonyl (C=O) groups excluding carboxylic acids is 1. The number of nitrogens with two attached hydrogens (primary N) is 2. The Balaban J connectivity index is 1.37. The molecule has 1 unspecified atom stereocenters. The largest absolute Gasteiger partial charge is 0.369 e. The number of amides is 1. The number of benzene rings is 1. The molecular formula is C24H30F4N4O. The van der Waals surface area contributed by atoms with Gasteiger partial charge in [-0.15, -0.1) is 0 Å². The fraction of sp³-hybridized carbons (Fsp3) is 0.667. The van der Waals surface area contributed by atoms with E-state index in [1.165, 1.54) is 0 Å². The molecule has 0 aliphatic heterocycles. The van der Waals surface area contributed by atoms with Crippen molar-refractivity contribution in [1.82, 2.24) is 9.97 Å². The van der Waals surface area contributed by atoms with E-state index in [1.807, 2.05) is 18.2 Å². The van der Waals surface area contributed by atoms with Gasteiger partial charge in [-0.25, -0.2) is 22.5 Å². The van der Waals surface area contributed by atoms with Crippen LogP contribution in [0.2, 0.25) is 0 Å². The van der Waals surface area contributed by atoms with Gasteiger partial charge in [0.1, 0.15) is 5.82 Å². The van der Waals surface area contributed by atoms with Crippen molar-refractivity contribution in [3.63, 3.8) is 0 Å². The standard InChI is InChI=1S/C24H30F4N4O/c25-23(26)6-5-12(9-23)7-16(29)22-31-17-4-3-14(8-18(17)32-22)19(13-1-2-13)20(21(30)33)15-10-24(27,28)11-15/h3-4,8,12-13,15-16,19-20H,1-2,5-7,9-11,29H2,(H2,30,33)(H,31,32)/t12-,16+,19+,20?/m1/s1. The van der Waals surface area contributed by atoms with Crippen LogP contribution in [-0.2, 0) is 4.79 Å². The molecule has 180 valence electrons. The van der Waals surface area contributed by atoms with Gasteiger partial charge in [0.15, 0.2) is 0 Å². The zero-order valence-corrected chi connectivity index (χ0v) is 18.4. The van der Waals surface area contributed by atoms with E-state index in [2.05, 4.69) is 9.97 Å². The third kappa shape index (κ3) is 4.61. The lowest BCUT2D eigenvalue weighted by Crippen LogP contribution is -2.46. The van der Waals surface area contributed by atoms with Crippen molar-refractivity contribution < 1.29 is 22.4 Å². The number of carbonyl (C=O) groups is 1. The van der Waals surface area contributed by atoms with Crippen molar-refractivity contribution in [2.45, 2.75) is 75.2 Å². The highest BCUT2D eigenvalue weighted by Crippen LogP contribution is 2.55. The van der Waals surface area contributed by atoms with Gasteiger partial charge in [0.25, 0.3) is 0 Å². The summed E-state index contributed by atoms with van der Waals surface area (Å²) in [4.78, 5) is 20.1. The Morgan fingerprint density at radius 2 is 1.82 bits per heavy atom. The van der Waals surface area contributed by atoms with Gasteiger partial charge in [0.2, 0.25) is 17.8 Å². The summed E-state index contributed by atoms with van der Waals surface area (Å²) in [5, 5.41) is 0. The van der Waals surface area contributed by atoms with Crippen LogP contribution in [0, 0.1) is 23.7 Å². The highest BCUT2D eigenvalue weighted by molar-refractivity contribution is 5.80. The molecule has 3 aliphatic carbocycles. The number of H-pyrrole nitrogens is 1. The van der Waals surface area contributed by atoms with Crippen molar-refractivity contribution in [2.24, 2.45) is 35.1 Å². The Labute approximate surface area is 189 Å². The fourth-order valence-corrected chi connectivity index (χ4v) is 6.04. The maximum atomic E-state index is 13.6. The Morgan fingerprint density at radius 1 is 1.09 bits per heavy atom. The quantitative estimate of drug-likeness (QED) is 0.476. The van der Waals surface area contributed by atoms with Gasteiger partial charge in [-0.1, -0.05) is 6.07 Å². The summed E-state index contributed by atoms with van der Waals surface area (Å²) in [5.74, 6) is -6.40. The molecule has 4 atom stereocenters. The third-order valence-electron chi connectivity index (χ3n) is 7.83. The predicted molar refractivity (Wildman–Crippen MR) is 116 cm³/mol. The van der Waals surface area contributed by atoms with Crippen LogP contribution in [0.4, 0.5) is 17.6 Å². The number of hydrogen-bond donors (Lipinski definition) is 3. The Morgan fingerprint density at radius 3 is 2.39 bits per heavy atom. The third-order valence-corrected chi connectivity index (χ3v) is 7.83. The van der Waals surface area contributed by atoms with Crippen LogP contribution >= 0.6 is 0 Å². The number of imidazole rings is 1. The van der Waals surface area contributed by atoms with Gasteiger partial charge < -0.3 is 16.5 Å². The van der Waals surface area contributed by atoms with Crippen molar-refractivity contribution in [1.29, 1.82) is 0 Å². The number of nitrogens with zero attached hydrogens (tertiary/aromatic N) is 1. The lowest BCUT2D eigenvalue weighted by molar-refractivity contribution is -0.146. The first-order valence-corrected chi connectivity index (χ1v) is 11.8. The monoisotopic (exact) mass is 466 g/mol. The molecule has 1 aromatic heterocycles. The Hall–Kier alpha value is -2.16. The van der Waals surface area contributed by atoms with E-state index in [0.717, 1.165) is 23.9 Å². The van der Waals surface area contributed by atoms with Gasteiger partial charge in [0, 0.05) is 31.6 Å². The van der Waals surface area contributed by atoms with E-state index in [4.69, 9.17) is 11.5 Å². The first-order valence-electron chi connectivity index (χ1n) is 11.8. The normalized spacial score (nSPS) is 27.2. The minimum Gasteiger partial charge on any atom is -0.369 e. The number of aromatic amines is 1. The molecule has 1 heterocycles. The maximum absolute atomic E-state index is 13.6. The molecule has 5 nitrogen and oxygen atoms in total. The number of rotatable bonds is 8.